The Kier molecular flexibility index (Phi) is 1.92. The molecule has 13 heavy (non-hydrogen) atoms. The Balaban J connectivity index is 2.21. The number of halogens is 2. The van der Waals surface area contributed by atoms with Gasteiger partial charge >= 0.3 is 0 Å². The molecule has 1 heterocycles. The molecule has 1 fully saturated rings. The second-order valence-corrected chi connectivity index (χ2v) is 3.84. The molecule has 1 aliphatic carbocycles. The lowest BCUT2D eigenvalue weighted by Crippen LogP contribution is -2.40. The average molecular weight is 190 g/mol. The van der Waals surface area contributed by atoms with Gasteiger partial charge in [0.2, 0.25) is 0 Å². The first-order chi connectivity index (χ1) is 5.99. The van der Waals surface area contributed by atoms with Crippen LogP contribution in [0, 0.1) is 0 Å². The molecule has 1 aliphatic heterocycles. The van der Waals surface area contributed by atoms with E-state index in [4.69, 9.17) is 9.47 Å². The quantitative estimate of drug-likeness (QED) is 0.542. The summed E-state index contributed by atoms with van der Waals surface area (Å²) in [5, 5.41) is 0. The van der Waals surface area contributed by atoms with Gasteiger partial charge in [-0.3, -0.25) is 0 Å². The van der Waals surface area contributed by atoms with Crippen LogP contribution in [0.4, 0.5) is 8.78 Å². The third-order valence-electron chi connectivity index (χ3n) is 2.27. The van der Waals surface area contributed by atoms with Crippen LogP contribution in [0.1, 0.15) is 13.8 Å². The van der Waals surface area contributed by atoms with Crippen molar-refractivity contribution in [3.05, 3.63) is 12.2 Å². The van der Waals surface area contributed by atoms with Gasteiger partial charge in [-0.05, 0) is 26.0 Å². The molecule has 0 spiro atoms. The van der Waals surface area contributed by atoms with Crippen LogP contribution in [-0.4, -0.2) is 30.3 Å². The van der Waals surface area contributed by atoms with Crippen molar-refractivity contribution in [3.63, 3.8) is 0 Å². The van der Waals surface area contributed by atoms with Gasteiger partial charge < -0.3 is 9.47 Å². The maximum atomic E-state index is 13.2. The minimum atomic E-state index is -1.27. The number of rotatable bonds is 0. The summed E-state index contributed by atoms with van der Waals surface area (Å²) in [6, 6.07) is 0. The minimum absolute atomic E-state index is 0.796. The molecule has 0 aromatic rings. The minimum Gasteiger partial charge on any atom is -0.341 e. The fourth-order valence-corrected chi connectivity index (χ4v) is 1.74. The van der Waals surface area contributed by atoms with Gasteiger partial charge in [-0.2, -0.15) is 0 Å². The maximum Gasteiger partial charge on any atom is 0.164 e. The number of hydrogen-bond acceptors (Lipinski definition) is 2. The molecule has 0 bridgehead atoms. The lowest BCUT2D eigenvalue weighted by Gasteiger charge is -2.23. The zero-order valence-corrected chi connectivity index (χ0v) is 7.54. The molecular formula is C9H12F2O2. The molecule has 0 unspecified atom stereocenters. The van der Waals surface area contributed by atoms with Crippen LogP contribution in [0.25, 0.3) is 0 Å². The standard InChI is InChI=1S/C9H12F2O2/c1-9(2)12-7-5(10)3-4-6(11)8(7)13-9/h3-8H,1-2H3/t5-,6+,7-,8-/m0/s1. The highest BCUT2D eigenvalue weighted by molar-refractivity contribution is 5.11. The van der Waals surface area contributed by atoms with Crippen LogP contribution >= 0.6 is 0 Å². The first-order valence-corrected chi connectivity index (χ1v) is 4.32. The summed E-state index contributed by atoms with van der Waals surface area (Å²) < 4.78 is 36.9. The molecule has 2 nitrogen and oxygen atoms in total. The molecule has 0 radical (unpaired) electrons. The van der Waals surface area contributed by atoms with E-state index < -0.39 is 30.3 Å². The molecule has 74 valence electrons. The van der Waals surface area contributed by atoms with Gasteiger partial charge in [-0.1, -0.05) is 0 Å². The van der Waals surface area contributed by atoms with Crippen LogP contribution < -0.4 is 0 Å². The van der Waals surface area contributed by atoms with Gasteiger partial charge in [-0.15, -0.1) is 0 Å². The normalized spacial score (nSPS) is 47.7. The van der Waals surface area contributed by atoms with Gasteiger partial charge in [-0.25, -0.2) is 8.78 Å². The fourth-order valence-electron chi connectivity index (χ4n) is 1.74. The van der Waals surface area contributed by atoms with E-state index in [-0.39, 0.29) is 0 Å². The second-order valence-electron chi connectivity index (χ2n) is 3.84. The van der Waals surface area contributed by atoms with Crippen molar-refractivity contribution in [2.45, 2.75) is 44.2 Å². The lowest BCUT2D eigenvalue weighted by atomic mass is 9.98. The van der Waals surface area contributed by atoms with Crippen molar-refractivity contribution in [2.24, 2.45) is 0 Å². The van der Waals surface area contributed by atoms with Gasteiger partial charge in [0, 0.05) is 0 Å². The zero-order valence-electron chi connectivity index (χ0n) is 7.54. The van der Waals surface area contributed by atoms with E-state index in [9.17, 15) is 8.78 Å². The van der Waals surface area contributed by atoms with Gasteiger partial charge in [0.25, 0.3) is 0 Å². The van der Waals surface area contributed by atoms with Crippen molar-refractivity contribution in [3.8, 4) is 0 Å². The Morgan fingerprint density at radius 2 is 1.38 bits per heavy atom. The molecule has 2 rings (SSSR count). The van der Waals surface area contributed by atoms with E-state index in [1.165, 1.54) is 12.2 Å². The summed E-state index contributed by atoms with van der Waals surface area (Å²) in [6.45, 7) is 3.32. The summed E-state index contributed by atoms with van der Waals surface area (Å²) in [5.74, 6) is -0.879. The first kappa shape index (κ1) is 9.09. The van der Waals surface area contributed by atoms with Crippen LogP contribution in [0.3, 0.4) is 0 Å². The number of ether oxygens (including phenoxy) is 2. The van der Waals surface area contributed by atoms with Crippen molar-refractivity contribution in [1.29, 1.82) is 0 Å². The topological polar surface area (TPSA) is 18.5 Å². The summed E-state index contributed by atoms with van der Waals surface area (Å²) in [5.41, 5.74) is 0. The predicted molar refractivity (Wildman–Crippen MR) is 42.8 cm³/mol. The smallest absolute Gasteiger partial charge is 0.164 e. The Labute approximate surface area is 75.5 Å². The van der Waals surface area contributed by atoms with E-state index in [1.54, 1.807) is 13.8 Å². The summed E-state index contributed by atoms with van der Waals surface area (Å²) in [6.07, 6.45) is -1.74. The van der Waals surface area contributed by atoms with Gasteiger partial charge in [0.1, 0.15) is 24.6 Å². The van der Waals surface area contributed by atoms with E-state index in [2.05, 4.69) is 0 Å². The summed E-state index contributed by atoms with van der Waals surface area (Å²) in [4.78, 5) is 0. The SMILES string of the molecule is CC1(C)O[C@@H]2[C@@H](O1)[C@@H](F)C=C[C@H]2F. The first-order valence-electron chi connectivity index (χ1n) is 4.32. The highest BCUT2D eigenvalue weighted by Gasteiger charge is 2.49. The van der Waals surface area contributed by atoms with E-state index in [1.807, 2.05) is 0 Å². The van der Waals surface area contributed by atoms with Gasteiger partial charge in [0.05, 0.1) is 0 Å². The molecule has 4 atom stereocenters. The summed E-state index contributed by atoms with van der Waals surface area (Å²) >= 11 is 0. The lowest BCUT2D eigenvalue weighted by molar-refractivity contribution is -0.151. The predicted octanol–water partition coefficient (Wildman–Crippen LogP) is 1.75. The van der Waals surface area contributed by atoms with Crippen molar-refractivity contribution >= 4 is 0 Å². The Hall–Kier alpha value is -0.480. The highest BCUT2D eigenvalue weighted by atomic mass is 19.1. The fraction of sp³-hybridized carbons (Fsp3) is 0.778. The molecule has 0 aromatic carbocycles. The van der Waals surface area contributed by atoms with Crippen molar-refractivity contribution < 1.29 is 18.3 Å². The largest absolute Gasteiger partial charge is 0.341 e. The molecular weight excluding hydrogens is 178 g/mol. The van der Waals surface area contributed by atoms with Gasteiger partial charge in [0.15, 0.2) is 5.79 Å². The van der Waals surface area contributed by atoms with Crippen LogP contribution in [0.5, 0.6) is 0 Å². The van der Waals surface area contributed by atoms with Crippen molar-refractivity contribution in [2.75, 3.05) is 0 Å². The Morgan fingerprint density at radius 3 is 1.77 bits per heavy atom. The molecule has 4 heteroatoms. The van der Waals surface area contributed by atoms with E-state index >= 15 is 0 Å². The maximum absolute atomic E-state index is 13.2. The Morgan fingerprint density at radius 1 is 1.00 bits per heavy atom. The average Bonchev–Trinajstić information content (AvgIpc) is 2.35. The zero-order chi connectivity index (χ0) is 9.64. The summed E-state index contributed by atoms with van der Waals surface area (Å²) in [7, 11) is 0. The number of alkyl halides is 2. The molecule has 0 N–H and O–H groups in total. The molecule has 2 aliphatic rings. The Bertz CT molecular complexity index is 218. The number of hydrogen-bond donors (Lipinski definition) is 0. The molecule has 0 saturated carbocycles. The van der Waals surface area contributed by atoms with E-state index in [0.29, 0.717) is 0 Å². The van der Waals surface area contributed by atoms with Crippen LogP contribution in [-0.2, 0) is 9.47 Å². The molecule has 0 aromatic heterocycles. The second kappa shape index (κ2) is 2.75. The monoisotopic (exact) mass is 190 g/mol. The van der Waals surface area contributed by atoms with Crippen LogP contribution in [0.15, 0.2) is 12.2 Å². The molecule has 1 saturated heterocycles. The van der Waals surface area contributed by atoms with E-state index in [0.717, 1.165) is 0 Å². The molecule has 0 amide bonds. The van der Waals surface area contributed by atoms with Crippen molar-refractivity contribution in [1.82, 2.24) is 0 Å². The number of fused-ring (bicyclic) bond motifs is 1. The third kappa shape index (κ3) is 1.48. The van der Waals surface area contributed by atoms with Crippen LogP contribution in [0.2, 0.25) is 0 Å². The highest BCUT2D eigenvalue weighted by Crippen LogP contribution is 2.36. The third-order valence-corrected chi connectivity index (χ3v) is 2.27.